The van der Waals surface area contributed by atoms with Gasteiger partial charge < -0.3 is 4.90 Å². The third-order valence-electron chi connectivity index (χ3n) is 13.9. The van der Waals surface area contributed by atoms with Gasteiger partial charge in [0.05, 0.1) is 11.1 Å². The van der Waals surface area contributed by atoms with E-state index < -0.39 is 5.41 Å². The van der Waals surface area contributed by atoms with Crippen LogP contribution in [-0.4, -0.2) is 0 Å². The lowest BCUT2D eigenvalue weighted by Crippen LogP contribution is -2.29. The van der Waals surface area contributed by atoms with E-state index in [1.807, 2.05) is 0 Å². The van der Waals surface area contributed by atoms with E-state index in [-0.39, 0.29) is 5.41 Å². The van der Waals surface area contributed by atoms with E-state index in [0.29, 0.717) is 0 Å². The zero-order chi connectivity index (χ0) is 42.1. The van der Waals surface area contributed by atoms with E-state index >= 15 is 0 Å². The number of hydrogen-bond donors (Lipinski definition) is 0. The van der Waals surface area contributed by atoms with Crippen LogP contribution in [0, 0.1) is 0 Å². The van der Waals surface area contributed by atoms with Crippen LogP contribution in [0.5, 0.6) is 0 Å². The summed E-state index contributed by atoms with van der Waals surface area (Å²) in [6, 6.07) is 87.9. The fraction of sp³-hybridized carbons (Fsp3) is 0.0645. The highest BCUT2D eigenvalue weighted by molar-refractivity contribution is 6.14. The molecule has 0 saturated heterocycles. The maximum absolute atomic E-state index is 2.54. The molecular weight excluding hydrogens is 759 g/mol. The molecule has 1 nitrogen and oxygen atoms in total. The monoisotopic (exact) mass is 803 g/mol. The van der Waals surface area contributed by atoms with Crippen molar-refractivity contribution in [1.29, 1.82) is 0 Å². The van der Waals surface area contributed by atoms with Crippen LogP contribution in [0.15, 0.2) is 237 Å². The quantitative estimate of drug-likeness (QED) is 0.155. The Bertz CT molecular complexity index is 3290. The third kappa shape index (κ3) is 5.56. The minimum Gasteiger partial charge on any atom is -0.310 e. The van der Waals surface area contributed by atoms with E-state index in [9.17, 15) is 0 Å². The molecule has 0 saturated carbocycles. The van der Waals surface area contributed by atoms with Crippen molar-refractivity contribution in [1.82, 2.24) is 0 Å². The van der Waals surface area contributed by atoms with E-state index in [4.69, 9.17) is 0 Å². The van der Waals surface area contributed by atoms with Gasteiger partial charge >= 0.3 is 0 Å². The molecule has 0 unspecified atom stereocenters. The SMILES string of the molecule is CC1(C)c2ccccc2-c2ccc(N(c3ccc(-c4ccccc4)cc3)c3cc4c(c5cccc(-c6ccccc6)c35)C(c3ccccc3)(c3ccccc3)c3ccccc3-4)cc21. The summed E-state index contributed by atoms with van der Waals surface area (Å²) in [6.45, 7) is 4.75. The molecule has 0 spiro atoms. The average molecular weight is 804 g/mol. The largest absolute Gasteiger partial charge is 0.310 e. The van der Waals surface area contributed by atoms with Crippen LogP contribution >= 0.6 is 0 Å². The normalized spacial score (nSPS) is 13.8. The number of rotatable bonds is 7. The summed E-state index contributed by atoms with van der Waals surface area (Å²) in [5, 5.41) is 2.47. The van der Waals surface area contributed by atoms with Crippen molar-refractivity contribution >= 4 is 27.8 Å². The first-order chi connectivity index (χ1) is 31.0. The topological polar surface area (TPSA) is 3.24 Å². The van der Waals surface area contributed by atoms with Crippen molar-refractivity contribution in [2.24, 2.45) is 0 Å². The lowest BCUT2D eigenvalue weighted by atomic mass is 9.66. The maximum Gasteiger partial charge on any atom is 0.0719 e. The number of hydrogen-bond acceptors (Lipinski definition) is 1. The van der Waals surface area contributed by atoms with Gasteiger partial charge in [-0.1, -0.05) is 220 Å². The van der Waals surface area contributed by atoms with E-state index in [1.54, 1.807) is 0 Å². The van der Waals surface area contributed by atoms with Crippen molar-refractivity contribution in [2.75, 3.05) is 4.90 Å². The Kier molecular flexibility index (Phi) is 8.49. The zero-order valence-corrected chi connectivity index (χ0v) is 35.5. The molecule has 1 heteroatoms. The molecule has 298 valence electrons. The van der Waals surface area contributed by atoms with Crippen molar-refractivity contribution < 1.29 is 0 Å². The molecule has 10 aromatic rings. The summed E-state index contributed by atoms with van der Waals surface area (Å²) in [7, 11) is 0. The molecule has 0 atom stereocenters. The Labute approximate surface area is 370 Å². The summed E-state index contributed by atoms with van der Waals surface area (Å²) < 4.78 is 0. The lowest BCUT2D eigenvalue weighted by Gasteiger charge is -2.36. The van der Waals surface area contributed by atoms with E-state index in [1.165, 1.54) is 88.7 Å². The summed E-state index contributed by atoms with van der Waals surface area (Å²) in [5.41, 5.74) is 20.5. The molecule has 12 rings (SSSR count). The Balaban J connectivity index is 1.21. The van der Waals surface area contributed by atoms with Gasteiger partial charge in [-0.05, 0) is 114 Å². The third-order valence-corrected chi connectivity index (χ3v) is 13.9. The second-order valence-electron chi connectivity index (χ2n) is 17.6. The smallest absolute Gasteiger partial charge is 0.0719 e. The van der Waals surface area contributed by atoms with Crippen LogP contribution < -0.4 is 4.90 Å². The van der Waals surface area contributed by atoms with Crippen LogP contribution in [0.4, 0.5) is 17.1 Å². The van der Waals surface area contributed by atoms with Gasteiger partial charge in [-0.2, -0.15) is 0 Å². The predicted octanol–water partition coefficient (Wildman–Crippen LogP) is 16.3. The van der Waals surface area contributed by atoms with Gasteiger partial charge in [0.1, 0.15) is 0 Å². The minimum atomic E-state index is -0.563. The summed E-state index contributed by atoms with van der Waals surface area (Å²) in [4.78, 5) is 2.54. The molecule has 0 heterocycles. The molecule has 0 amide bonds. The zero-order valence-electron chi connectivity index (χ0n) is 35.5. The molecule has 0 bridgehead atoms. The Hall–Kier alpha value is -7.74. The molecular formula is C62H45N. The molecule has 2 aliphatic rings. The van der Waals surface area contributed by atoms with Crippen molar-refractivity contribution in [3.8, 4) is 44.5 Å². The fourth-order valence-corrected chi connectivity index (χ4v) is 11.1. The van der Waals surface area contributed by atoms with Gasteiger partial charge in [0.2, 0.25) is 0 Å². The lowest BCUT2D eigenvalue weighted by molar-refractivity contribution is 0.660. The molecule has 0 aromatic heterocycles. The highest BCUT2D eigenvalue weighted by atomic mass is 15.1. The molecule has 0 N–H and O–H groups in total. The second kappa shape index (κ2) is 14.4. The van der Waals surface area contributed by atoms with Crippen molar-refractivity contribution in [3.63, 3.8) is 0 Å². The summed E-state index contributed by atoms with van der Waals surface area (Å²) >= 11 is 0. The molecule has 10 aromatic carbocycles. The first kappa shape index (κ1) is 37.1. The van der Waals surface area contributed by atoms with Crippen LogP contribution in [0.1, 0.15) is 47.2 Å². The Morgan fingerprint density at radius 2 is 0.825 bits per heavy atom. The highest BCUT2D eigenvalue weighted by Crippen LogP contribution is 2.61. The number of nitrogens with zero attached hydrogens (tertiary/aromatic N) is 1. The molecule has 0 radical (unpaired) electrons. The van der Waals surface area contributed by atoms with Crippen molar-refractivity contribution in [2.45, 2.75) is 24.7 Å². The predicted molar refractivity (Wildman–Crippen MR) is 264 cm³/mol. The molecule has 2 aliphatic carbocycles. The van der Waals surface area contributed by atoms with Gasteiger partial charge in [0.15, 0.2) is 0 Å². The van der Waals surface area contributed by atoms with Gasteiger partial charge in [-0.3, -0.25) is 0 Å². The van der Waals surface area contributed by atoms with Gasteiger partial charge in [-0.15, -0.1) is 0 Å². The average Bonchev–Trinajstić information content (AvgIpc) is 3.78. The first-order valence-corrected chi connectivity index (χ1v) is 22.1. The van der Waals surface area contributed by atoms with Gasteiger partial charge in [-0.25, -0.2) is 0 Å². The Morgan fingerprint density at radius 3 is 1.48 bits per heavy atom. The summed E-state index contributed by atoms with van der Waals surface area (Å²) in [5.74, 6) is 0. The first-order valence-electron chi connectivity index (χ1n) is 22.1. The maximum atomic E-state index is 2.54. The van der Waals surface area contributed by atoms with Crippen LogP contribution in [0.3, 0.4) is 0 Å². The summed E-state index contributed by atoms with van der Waals surface area (Å²) in [6.07, 6.45) is 0. The number of anilines is 3. The number of benzene rings is 10. The van der Waals surface area contributed by atoms with Crippen LogP contribution in [0.2, 0.25) is 0 Å². The Morgan fingerprint density at radius 1 is 0.333 bits per heavy atom. The molecule has 0 aliphatic heterocycles. The van der Waals surface area contributed by atoms with Gasteiger partial charge in [0, 0.05) is 22.2 Å². The van der Waals surface area contributed by atoms with Gasteiger partial charge in [0.25, 0.3) is 0 Å². The van der Waals surface area contributed by atoms with E-state index in [2.05, 4.69) is 255 Å². The minimum absolute atomic E-state index is 0.163. The fourth-order valence-electron chi connectivity index (χ4n) is 11.1. The van der Waals surface area contributed by atoms with E-state index in [0.717, 1.165) is 17.1 Å². The standard InChI is InChI=1S/C62H45N/c1-61(2)55-32-17-15-28-50(55)52-39-38-48(40-57(52)61)63(47-36-34-43(35-37-47)42-20-7-3-8-21-42)58-41-54-51-29-16-18-33-56(51)62(45-24-11-5-12-25-45,46-26-13-6-14-27-46)60(54)53-31-19-30-49(59(53)58)44-22-9-4-10-23-44/h3-41H,1-2H3. The number of fused-ring (bicyclic) bond motifs is 8. The second-order valence-corrected chi connectivity index (χ2v) is 17.6. The van der Waals surface area contributed by atoms with Crippen LogP contribution in [0.25, 0.3) is 55.3 Å². The van der Waals surface area contributed by atoms with Crippen molar-refractivity contribution in [3.05, 3.63) is 270 Å². The molecule has 63 heavy (non-hydrogen) atoms. The van der Waals surface area contributed by atoms with Crippen LogP contribution in [-0.2, 0) is 10.8 Å². The molecule has 0 fully saturated rings. The highest BCUT2D eigenvalue weighted by Gasteiger charge is 2.48.